The van der Waals surface area contributed by atoms with Gasteiger partial charge in [0.05, 0.1) is 10.0 Å². The van der Waals surface area contributed by atoms with Gasteiger partial charge in [-0.2, -0.15) is 0 Å². The van der Waals surface area contributed by atoms with Crippen LogP contribution < -0.4 is 0 Å². The Labute approximate surface area is 171 Å². The molecule has 4 aromatic rings. The van der Waals surface area contributed by atoms with E-state index >= 15 is 0 Å². The molecule has 0 saturated heterocycles. The van der Waals surface area contributed by atoms with E-state index in [4.69, 9.17) is 23.2 Å². The van der Waals surface area contributed by atoms with E-state index in [1.54, 1.807) is 24.2 Å². The zero-order chi connectivity index (χ0) is 18.6. The third-order valence-corrected chi connectivity index (χ3v) is 5.66. The molecule has 0 N–H and O–H groups in total. The number of benzene rings is 2. The third kappa shape index (κ3) is 4.00. The highest BCUT2D eigenvalue weighted by Crippen LogP contribution is 2.31. The molecule has 2 aromatic carbocycles. The molecule has 2 aromatic heterocycles. The number of hydrogen-bond donors (Lipinski definition) is 0. The van der Waals surface area contributed by atoms with E-state index in [0.29, 0.717) is 15.8 Å². The minimum Gasteiger partial charge on any atom is -0.270 e. The number of para-hydroxylation sites is 1. The van der Waals surface area contributed by atoms with Crippen molar-refractivity contribution in [3.63, 3.8) is 0 Å². The zero-order valence-electron chi connectivity index (χ0n) is 14.1. The van der Waals surface area contributed by atoms with Crippen LogP contribution in [0.1, 0.15) is 5.56 Å². The molecule has 0 fully saturated rings. The van der Waals surface area contributed by atoms with Crippen molar-refractivity contribution >= 4 is 35.0 Å². The smallest absolute Gasteiger partial charge is 0.196 e. The average molecular weight is 413 g/mol. The molecule has 7 heteroatoms. The van der Waals surface area contributed by atoms with Crippen molar-refractivity contribution in [1.29, 1.82) is 0 Å². The summed E-state index contributed by atoms with van der Waals surface area (Å²) >= 11 is 13.7. The molecule has 0 atom stereocenters. The summed E-state index contributed by atoms with van der Waals surface area (Å²) in [5, 5.41) is 10.7. The minimum absolute atomic E-state index is 0.551. The van der Waals surface area contributed by atoms with Gasteiger partial charge in [-0.25, -0.2) is 0 Å². The number of hydrogen-bond acceptors (Lipinski definition) is 4. The van der Waals surface area contributed by atoms with Gasteiger partial charge in [0.25, 0.3) is 0 Å². The molecule has 0 unspecified atom stereocenters. The lowest BCUT2D eigenvalue weighted by atomic mass is 10.2. The maximum atomic E-state index is 6.13. The highest BCUT2D eigenvalue weighted by molar-refractivity contribution is 7.98. The Morgan fingerprint density at radius 1 is 0.889 bits per heavy atom. The average Bonchev–Trinajstić information content (AvgIpc) is 3.14. The highest BCUT2D eigenvalue weighted by Gasteiger charge is 2.16. The number of aromatic nitrogens is 4. The van der Waals surface area contributed by atoms with E-state index < -0.39 is 0 Å². The molecule has 0 aliphatic rings. The van der Waals surface area contributed by atoms with Crippen LogP contribution in [-0.4, -0.2) is 19.7 Å². The molecule has 0 amide bonds. The molecule has 2 heterocycles. The van der Waals surface area contributed by atoms with E-state index in [0.717, 1.165) is 27.8 Å². The maximum Gasteiger partial charge on any atom is 0.196 e. The van der Waals surface area contributed by atoms with Crippen LogP contribution >= 0.6 is 35.0 Å². The van der Waals surface area contributed by atoms with Crippen LogP contribution in [0.2, 0.25) is 10.0 Å². The van der Waals surface area contributed by atoms with Gasteiger partial charge in [-0.05, 0) is 42.0 Å². The lowest BCUT2D eigenvalue weighted by Crippen LogP contribution is -1.99. The Bertz CT molecular complexity index is 1050. The zero-order valence-corrected chi connectivity index (χ0v) is 16.4. The molecule has 4 rings (SSSR count). The Balaban J connectivity index is 1.70. The van der Waals surface area contributed by atoms with E-state index in [1.807, 2.05) is 65.2 Å². The first-order valence-electron chi connectivity index (χ1n) is 8.20. The van der Waals surface area contributed by atoms with E-state index in [-0.39, 0.29) is 0 Å². The van der Waals surface area contributed by atoms with Crippen molar-refractivity contribution in [2.24, 2.45) is 0 Å². The van der Waals surface area contributed by atoms with Gasteiger partial charge in [-0.15, -0.1) is 10.2 Å². The first kappa shape index (κ1) is 18.0. The Kier molecular flexibility index (Phi) is 5.43. The van der Waals surface area contributed by atoms with Gasteiger partial charge in [0.15, 0.2) is 11.0 Å². The van der Waals surface area contributed by atoms with Gasteiger partial charge >= 0.3 is 0 Å². The lowest BCUT2D eigenvalue weighted by molar-refractivity contribution is 0.886. The van der Waals surface area contributed by atoms with Gasteiger partial charge in [-0.3, -0.25) is 9.55 Å². The summed E-state index contributed by atoms with van der Waals surface area (Å²) in [4.78, 5) is 4.20. The highest BCUT2D eigenvalue weighted by atomic mass is 35.5. The first-order valence-corrected chi connectivity index (χ1v) is 9.94. The summed E-state index contributed by atoms with van der Waals surface area (Å²) < 4.78 is 2.04. The van der Waals surface area contributed by atoms with Gasteiger partial charge in [0.1, 0.15) is 0 Å². The monoisotopic (exact) mass is 412 g/mol. The van der Waals surface area contributed by atoms with Crippen LogP contribution in [0, 0.1) is 0 Å². The third-order valence-electron chi connectivity index (χ3n) is 3.92. The fourth-order valence-corrected chi connectivity index (χ4v) is 3.85. The van der Waals surface area contributed by atoms with Crippen molar-refractivity contribution in [3.05, 3.63) is 88.7 Å². The van der Waals surface area contributed by atoms with Crippen molar-refractivity contribution in [1.82, 2.24) is 19.7 Å². The molecule has 0 saturated carbocycles. The molecule has 27 heavy (non-hydrogen) atoms. The standard InChI is InChI=1S/C20H14Cl2N4S/c21-17-9-8-14(11-18(17)22)13-27-20-25-24-19(15-5-4-10-23-12-15)26(20)16-6-2-1-3-7-16/h1-12H,13H2. The van der Waals surface area contributed by atoms with Gasteiger partial charge in [0.2, 0.25) is 0 Å². The molecular weight excluding hydrogens is 399 g/mol. The predicted octanol–water partition coefficient (Wildman–Crippen LogP) is 5.93. The van der Waals surface area contributed by atoms with E-state index in [9.17, 15) is 0 Å². The van der Waals surface area contributed by atoms with Gasteiger partial charge in [0, 0.05) is 29.4 Å². The molecular formula is C20H14Cl2N4S. The molecule has 4 nitrogen and oxygen atoms in total. The van der Waals surface area contributed by atoms with Crippen LogP contribution in [0.4, 0.5) is 0 Å². The summed E-state index contributed by atoms with van der Waals surface area (Å²) in [7, 11) is 0. The molecule has 0 spiro atoms. The number of pyridine rings is 1. The van der Waals surface area contributed by atoms with Crippen molar-refractivity contribution in [2.45, 2.75) is 10.9 Å². The fourth-order valence-electron chi connectivity index (χ4n) is 2.63. The fraction of sp³-hybridized carbons (Fsp3) is 0.0500. The second kappa shape index (κ2) is 8.13. The SMILES string of the molecule is Clc1ccc(CSc2nnc(-c3cccnc3)n2-c2ccccc2)cc1Cl. The van der Waals surface area contributed by atoms with Crippen molar-refractivity contribution < 1.29 is 0 Å². The lowest BCUT2D eigenvalue weighted by Gasteiger charge is -2.10. The van der Waals surface area contributed by atoms with E-state index in [2.05, 4.69) is 15.2 Å². The summed E-state index contributed by atoms with van der Waals surface area (Å²) in [6.07, 6.45) is 3.53. The summed E-state index contributed by atoms with van der Waals surface area (Å²) in [5.41, 5.74) is 2.98. The predicted molar refractivity (Wildman–Crippen MR) is 111 cm³/mol. The summed E-state index contributed by atoms with van der Waals surface area (Å²) in [6.45, 7) is 0. The number of halogens is 2. The van der Waals surface area contributed by atoms with E-state index in [1.165, 1.54) is 0 Å². The Morgan fingerprint density at radius 3 is 2.48 bits per heavy atom. The summed E-state index contributed by atoms with van der Waals surface area (Å²) in [6, 6.07) is 19.6. The van der Waals surface area contributed by atoms with Crippen LogP contribution in [0.15, 0.2) is 78.2 Å². The van der Waals surface area contributed by atoms with Gasteiger partial charge in [-0.1, -0.05) is 59.2 Å². The minimum atomic E-state index is 0.551. The quantitative estimate of drug-likeness (QED) is 0.381. The Hall–Kier alpha value is -2.34. The second-order valence-electron chi connectivity index (χ2n) is 5.76. The normalized spacial score (nSPS) is 10.9. The summed E-state index contributed by atoms with van der Waals surface area (Å²) in [5.74, 6) is 1.46. The number of rotatable bonds is 5. The van der Waals surface area contributed by atoms with Crippen molar-refractivity contribution in [2.75, 3.05) is 0 Å². The topological polar surface area (TPSA) is 43.6 Å². The van der Waals surface area contributed by atoms with Crippen LogP contribution in [0.3, 0.4) is 0 Å². The molecule has 0 aliphatic heterocycles. The number of thioether (sulfide) groups is 1. The van der Waals surface area contributed by atoms with Crippen LogP contribution in [-0.2, 0) is 5.75 Å². The number of nitrogens with zero attached hydrogens (tertiary/aromatic N) is 4. The Morgan fingerprint density at radius 2 is 1.74 bits per heavy atom. The molecule has 0 radical (unpaired) electrons. The largest absolute Gasteiger partial charge is 0.270 e. The van der Waals surface area contributed by atoms with Crippen LogP contribution in [0.5, 0.6) is 0 Å². The molecule has 134 valence electrons. The maximum absolute atomic E-state index is 6.13. The molecule has 0 bridgehead atoms. The first-order chi connectivity index (χ1) is 13.2. The molecule has 0 aliphatic carbocycles. The second-order valence-corrected chi connectivity index (χ2v) is 7.51. The van der Waals surface area contributed by atoms with Gasteiger partial charge < -0.3 is 0 Å². The van der Waals surface area contributed by atoms with Crippen molar-refractivity contribution in [3.8, 4) is 17.1 Å². The van der Waals surface area contributed by atoms with Crippen LogP contribution in [0.25, 0.3) is 17.1 Å².